The Kier molecular flexibility index (Phi) is 6.01. The number of nitrogens with one attached hydrogen (secondary N) is 1. The number of anilines is 1. The third kappa shape index (κ3) is 4.04. The zero-order chi connectivity index (χ0) is 22.1. The van der Waals surface area contributed by atoms with Crippen LogP contribution in [-0.2, 0) is 16.1 Å². The molecule has 1 fully saturated rings. The van der Waals surface area contributed by atoms with E-state index in [4.69, 9.17) is 0 Å². The van der Waals surface area contributed by atoms with Crippen molar-refractivity contribution >= 4 is 39.3 Å². The lowest BCUT2D eigenvalue weighted by Crippen LogP contribution is -2.50. The van der Waals surface area contributed by atoms with E-state index in [1.165, 1.54) is 16.4 Å². The topological polar surface area (TPSA) is 57.6 Å². The summed E-state index contributed by atoms with van der Waals surface area (Å²) in [6.45, 7) is 8.27. The van der Waals surface area contributed by atoms with E-state index in [0.717, 1.165) is 43.5 Å². The van der Waals surface area contributed by atoms with E-state index >= 15 is 0 Å². The maximum atomic E-state index is 13.0. The highest BCUT2D eigenvalue weighted by atomic mass is 16.2. The molecule has 0 saturated carbocycles. The van der Waals surface area contributed by atoms with E-state index < -0.39 is 0 Å². The van der Waals surface area contributed by atoms with Gasteiger partial charge in [0.2, 0.25) is 11.8 Å². The van der Waals surface area contributed by atoms with Gasteiger partial charge in [0.15, 0.2) is 0 Å². The summed E-state index contributed by atoms with van der Waals surface area (Å²) in [7, 11) is 1.87. The molecule has 1 saturated heterocycles. The number of rotatable bonds is 5. The largest absolute Gasteiger partial charge is 0.343 e. The monoisotopic (exact) mass is 420 g/mol. The molecule has 0 radical (unpaired) electrons. The van der Waals surface area contributed by atoms with Gasteiger partial charge < -0.3 is 14.8 Å². The third-order valence-corrected chi connectivity index (χ3v) is 6.83. The fraction of sp³-hybridized carbons (Fsp3) is 0.440. The molecule has 3 aromatic rings. The van der Waals surface area contributed by atoms with Gasteiger partial charge in [0.25, 0.3) is 0 Å². The molecule has 0 spiro atoms. The van der Waals surface area contributed by atoms with E-state index in [1.54, 1.807) is 6.92 Å². The van der Waals surface area contributed by atoms with Crippen molar-refractivity contribution < 1.29 is 9.59 Å². The number of amides is 2. The molecule has 4 rings (SSSR count). The fourth-order valence-electron chi connectivity index (χ4n) is 4.80. The van der Waals surface area contributed by atoms with E-state index in [-0.39, 0.29) is 23.9 Å². The highest BCUT2D eigenvalue weighted by Crippen LogP contribution is 2.31. The smallest absolute Gasteiger partial charge is 0.241 e. The van der Waals surface area contributed by atoms with Crippen LogP contribution < -0.4 is 5.32 Å². The number of piperidine rings is 1. The SMILES string of the molecule is CCn1c2ccccc2c2cc(NC(=O)C(C)N3CCC(N(C)C(C)=O)CC3)ccc21. The Morgan fingerprint density at radius 1 is 1.10 bits per heavy atom. The molecule has 2 heterocycles. The van der Waals surface area contributed by atoms with Gasteiger partial charge >= 0.3 is 0 Å². The summed E-state index contributed by atoms with van der Waals surface area (Å²) in [5.41, 5.74) is 3.23. The molecule has 164 valence electrons. The molecule has 1 unspecified atom stereocenters. The maximum absolute atomic E-state index is 13.0. The molecular weight excluding hydrogens is 388 g/mol. The van der Waals surface area contributed by atoms with E-state index in [1.807, 2.05) is 24.9 Å². The predicted octanol–water partition coefficient (Wildman–Crippen LogP) is 4.08. The second kappa shape index (κ2) is 8.71. The molecule has 1 aliphatic rings. The van der Waals surface area contributed by atoms with Gasteiger partial charge in [0.1, 0.15) is 0 Å². The van der Waals surface area contributed by atoms with Crippen LogP contribution in [0.4, 0.5) is 5.69 Å². The summed E-state index contributed by atoms with van der Waals surface area (Å²) in [4.78, 5) is 28.6. The summed E-state index contributed by atoms with van der Waals surface area (Å²) in [6.07, 6.45) is 1.80. The molecule has 1 aromatic heterocycles. The van der Waals surface area contributed by atoms with Crippen molar-refractivity contribution in [3.8, 4) is 0 Å². The van der Waals surface area contributed by atoms with Gasteiger partial charge in [0, 0.05) is 67.1 Å². The summed E-state index contributed by atoms with van der Waals surface area (Å²) in [5.74, 6) is 0.112. The first-order valence-electron chi connectivity index (χ1n) is 11.2. The number of aromatic nitrogens is 1. The second-order valence-corrected chi connectivity index (χ2v) is 8.56. The number of nitrogens with zero attached hydrogens (tertiary/aromatic N) is 3. The number of carbonyl (C=O) groups is 2. The highest BCUT2D eigenvalue weighted by Gasteiger charge is 2.29. The first kappa shape index (κ1) is 21.4. The summed E-state index contributed by atoms with van der Waals surface area (Å²) < 4.78 is 2.31. The molecule has 1 atom stereocenters. The van der Waals surface area contributed by atoms with Gasteiger partial charge in [-0.25, -0.2) is 0 Å². The van der Waals surface area contributed by atoms with E-state index in [0.29, 0.717) is 0 Å². The molecule has 0 bridgehead atoms. The number of benzene rings is 2. The minimum absolute atomic E-state index is 0.0111. The van der Waals surface area contributed by atoms with Crippen LogP contribution in [-0.4, -0.2) is 58.4 Å². The number of para-hydroxylation sites is 1. The van der Waals surface area contributed by atoms with Gasteiger partial charge in [0.05, 0.1) is 6.04 Å². The lowest BCUT2D eigenvalue weighted by Gasteiger charge is -2.38. The maximum Gasteiger partial charge on any atom is 0.241 e. The quantitative estimate of drug-likeness (QED) is 0.677. The van der Waals surface area contributed by atoms with Crippen LogP contribution in [0.2, 0.25) is 0 Å². The van der Waals surface area contributed by atoms with Crippen molar-refractivity contribution in [1.82, 2.24) is 14.4 Å². The molecule has 2 amide bonds. The molecular formula is C25H32N4O2. The number of carbonyl (C=O) groups excluding carboxylic acids is 2. The van der Waals surface area contributed by atoms with Gasteiger partial charge in [-0.1, -0.05) is 18.2 Å². The summed E-state index contributed by atoms with van der Waals surface area (Å²) in [5, 5.41) is 5.49. The van der Waals surface area contributed by atoms with E-state index in [9.17, 15) is 9.59 Å². The Balaban J connectivity index is 1.47. The zero-order valence-corrected chi connectivity index (χ0v) is 18.9. The Hall–Kier alpha value is -2.86. The van der Waals surface area contributed by atoms with Crippen molar-refractivity contribution in [2.24, 2.45) is 0 Å². The summed E-state index contributed by atoms with van der Waals surface area (Å²) >= 11 is 0. The highest BCUT2D eigenvalue weighted by molar-refractivity contribution is 6.10. The lowest BCUT2D eigenvalue weighted by molar-refractivity contribution is -0.131. The van der Waals surface area contributed by atoms with Crippen LogP contribution in [0.1, 0.15) is 33.6 Å². The average molecular weight is 421 g/mol. The van der Waals surface area contributed by atoms with Crippen molar-refractivity contribution in [2.45, 2.75) is 52.2 Å². The number of fused-ring (bicyclic) bond motifs is 3. The van der Waals surface area contributed by atoms with Crippen molar-refractivity contribution in [2.75, 3.05) is 25.5 Å². The lowest BCUT2D eigenvalue weighted by atomic mass is 10.0. The van der Waals surface area contributed by atoms with Crippen molar-refractivity contribution in [3.05, 3.63) is 42.5 Å². The minimum atomic E-state index is -0.212. The number of likely N-dealkylation sites (tertiary alicyclic amines) is 1. The Bertz CT molecular complexity index is 1110. The normalized spacial score (nSPS) is 16.5. The minimum Gasteiger partial charge on any atom is -0.343 e. The predicted molar refractivity (Wildman–Crippen MR) is 126 cm³/mol. The zero-order valence-electron chi connectivity index (χ0n) is 18.9. The number of hydrogen-bond donors (Lipinski definition) is 1. The standard InChI is InChI=1S/C25H32N4O2/c1-5-29-23-9-7-6-8-21(23)22-16-19(10-11-24(22)29)26-25(31)17(2)28-14-12-20(13-15-28)27(4)18(3)30/h6-11,16-17,20H,5,12-15H2,1-4H3,(H,26,31). The Morgan fingerprint density at radius 3 is 2.45 bits per heavy atom. The first-order chi connectivity index (χ1) is 14.9. The Labute approximate surface area is 183 Å². The molecule has 2 aromatic carbocycles. The first-order valence-corrected chi connectivity index (χ1v) is 11.2. The van der Waals surface area contributed by atoms with Crippen LogP contribution in [0.5, 0.6) is 0 Å². The average Bonchev–Trinajstić information content (AvgIpc) is 3.11. The fourth-order valence-corrected chi connectivity index (χ4v) is 4.80. The van der Waals surface area contributed by atoms with Crippen molar-refractivity contribution in [3.63, 3.8) is 0 Å². The molecule has 1 aliphatic heterocycles. The van der Waals surface area contributed by atoms with Gasteiger partial charge in [-0.3, -0.25) is 14.5 Å². The number of aryl methyl sites for hydroxylation is 1. The van der Waals surface area contributed by atoms with Crippen LogP contribution >= 0.6 is 0 Å². The van der Waals surface area contributed by atoms with Crippen LogP contribution in [0.25, 0.3) is 21.8 Å². The van der Waals surface area contributed by atoms with Gasteiger partial charge in [-0.2, -0.15) is 0 Å². The molecule has 6 heteroatoms. The third-order valence-electron chi connectivity index (χ3n) is 6.83. The van der Waals surface area contributed by atoms with Gasteiger partial charge in [-0.05, 0) is 51.0 Å². The molecule has 0 aliphatic carbocycles. The van der Waals surface area contributed by atoms with Crippen LogP contribution in [0.3, 0.4) is 0 Å². The van der Waals surface area contributed by atoms with Crippen molar-refractivity contribution in [1.29, 1.82) is 0 Å². The van der Waals surface area contributed by atoms with E-state index in [2.05, 4.69) is 58.1 Å². The molecule has 31 heavy (non-hydrogen) atoms. The summed E-state index contributed by atoms with van der Waals surface area (Å²) in [6, 6.07) is 14.6. The van der Waals surface area contributed by atoms with Crippen LogP contribution in [0.15, 0.2) is 42.5 Å². The van der Waals surface area contributed by atoms with Gasteiger partial charge in [-0.15, -0.1) is 0 Å². The Morgan fingerprint density at radius 2 is 1.77 bits per heavy atom. The molecule has 1 N–H and O–H groups in total. The molecule has 6 nitrogen and oxygen atoms in total. The second-order valence-electron chi connectivity index (χ2n) is 8.56. The number of hydrogen-bond acceptors (Lipinski definition) is 3. The van der Waals surface area contributed by atoms with Crippen LogP contribution in [0, 0.1) is 0 Å².